The smallest absolute Gasteiger partial charge is 0.295 e. The molecule has 0 heterocycles. The van der Waals surface area contributed by atoms with Crippen LogP contribution in [0.4, 0.5) is 0 Å². The molecule has 4 bridgehead atoms. The van der Waals surface area contributed by atoms with Gasteiger partial charge in [-0.15, -0.1) is 33.3 Å². The van der Waals surface area contributed by atoms with Crippen LogP contribution in [-0.2, 0) is 4.84 Å². The monoisotopic (exact) mass is 279 g/mol. The lowest BCUT2D eigenvalue weighted by Gasteiger charge is -2.61. The molecule has 0 saturated heterocycles. The Hall–Kier alpha value is -0.220. The molecule has 96 valence electrons. The summed E-state index contributed by atoms with van der Waals surface area (Å²) >= 11 is 12.3. The van der Waals surface area contributed by atoms with Gasteiger partial charge in [0.25, 0.3) is 5.09 Å². The van der Waals surface area contributed by atoms with Crippen LogP contribution in [0.1, 0.15) is 38.5 Å². The highest BCUT2D eigenvalue weighted by Crippen LogP contribution is 2.65. The molecule has 0 aliphatic heterocycles. The fourth-order valence-corrected chi connectivity index (χ4v) is 5.28. The van der Waals surface area contributed by atoms with Crippen molar-refractivity contribution in [3.63, 3.8) is 0 Å². The maximum Gasteiger partial charge on any atom is 0.295 e. The molecule has 4 fully saturated rings. The fourth-order valence-electron chi connectivity index (χ4n) is 4.77. The lowest BCUT2D eigenvalue weighted by molar-refractivity contribution is -0.785. The predicted octanol–water partition coefficient (Wildman–Crippen LogP) is 3.34. The Morgan fingerprint density at radius 2 is 1.82 bits per heavy atom. The van der Waals surface area contributed by atoms with E-state index in [1.807, 2.05) is 0 Å². The van der Waals surface area contributed by atoms with E-state index in [0.29, 0.717) is 18.3 Å². The van der Waals surface area contributed by atoms with Crippen molar-refractivity contribution < 1.29 is 9.92 Å². The summed E-state index contributed by atoms with van der Waals surface area (Å²) in [7, 11) is 0. The molecule has 17 heavy (non-hydrogen) atoms. The number of rotatable bonds is 3. The molecule has 4 saturated carbocycles. The molecule has 0 amide bonds. The summed E-state index contributed by atoms with van der Waals surface area (Å²) < 4.78 is 0. The van der Waals surface area contributed by atoms with Gasteiger partial charge in [-0.2, -0.15) is 0 Å². The summed E-state index contributed by atoms with van der Waals surface area (Å²) in [4.78, 5) is 15.3. The molecule has 0 radical (unpaired) electrons. The van der Waals surface area contributed by atoms with Gasteiger partial charge in [-0.1, -0.05) is 0 Å². The van der Waals surface area contributed by atoms with Crippen molar-refractivity contribution in [2.24, 2.45) is 17.3 Å². The van der Waals surface area contributed by atoms with Gasteiger partial charge < -0.3 is 4.84 Å². The van der Waals surface area contributed by atoms with Crippen LogP contribution >= 0.6 is 23.2 Å². The van der Waals surface area contributed by atoms with E-state index in [1.54, 1.807) is 0 Å². The summed E-state index contributed by atoms with van der Waals surface area (Å²) in [6.07, 6.45) is 5.41. The standard InChI is InChI=1S/C11H15Cl2NO3/c12-9(13)10-2-7-1-8(3-10)5-11(4-7,6-10)17-14(15)16/h7-9H,1-6H2. The first kappa shape index (κ1) is 11.8. The molecule has 4 aliphatic carbocycles. The van der Waals surface area contributed by atoms with Crippen molar-refractivity contribution in [2.75, 3.05) is 0 Å². The second-order valence-electron chi connectivity index (χ2n) is 6.12. The van der Waals surface area contributed by atoms with Crippen LogP contribution < -0.4 is 0 Å². The van der Waals surface area contributed by atoms with Gasteiger partial charge in [0.2, 0.25) is 0 Å². The van der Waals surface area contributed by atoms with Gasteiger partial charge in [0.15, 0.2) is 0 Å². The third-order valence-corrected chi connectivity index (χ3v) is 5.71. The number of hydrogen-bond acceptors (Lipinski definition) is 3. The molecule has 0 N–H and O–H groups in total. The van der Waals surface area contributed by atoms with Crippen LogP contribution in [-0.4, -0.2) is 15.5 Å². The molecule has 4 nitrogen and oxygen atoms in total. The highest BCUT2D eigenvalue weighted by atomic mass is 35.5. The summed E-state index contributed by atoms with van der Waals surface area (Å²) in [5, 5.41) is 10.0. The van der Waals surface area contributed by atoms with Crippen molar-refractivity contribution in [3.8, 4) is 0 Å². The van der Waals surface area contributed by atoms with Gasteiger partial charge in [-0.3, -0.25) is 0 Å². The number of halogens is 2. The third kappa shape index (κ3) is 1.80. The first-order chi connectivity index (χ1) is 7.93. The topological polar surface area (TPSA) is 52.4 Å². The van der Waals surface area contributed by atoms with Gasteiger partial charge in [-0.25, -0.2) is 0 Å². The van der Waals surface area contributed by atoms with Crippen LogP contribution in [0, 0.1) is 27.4 Å². The lowest BCUT2D eigenvalue weighted by Crippen LogP contribution is -2.59. The minimum absolute atomic E-state index is 0.150. The SMILES string of the molecule is O=[N+]([O-])OC12CC3CC(C1)CC(C(Cl)Cl)(C3)C2. The van der Waals surface area contributed by atoms with Gasteiger partial charge in [0, 0.05) is 5.41 Å². The number of nitrogens with zero attached hydrogens (tertiary/aromatic N) is 1. The first-order valence-corrected chi connectivity index (χ1v) is 6.92. The Bertz CT molecular complexity index is 347. The van der Waals surface area contributed by atoms with Crippen LogP contribution in [0.2, 0.25) is 0 Å². The largest absolute Gasteiger partial charge is 0.307 e. The minimum Gasteiger partial charge on any atom is -0.307 e. The van der Waals surface area contributed by atoms with E-state index in [0.717, 1.165) is 32.1 Å². The van der Waals surface area contributed by atoms with Crippen LogP contribution in [0.5, 0.6) is 0 Å². The van der Waals surface area contributed by atoms with Crippen LogP contribution in [0.25, 0.3) is 0 Å². The van der Waals surface area contributed by atoms with E-state index >= 15 is 0 Å². The minimum atomic E-state index is -0.641. The van der Waals surface area contributed by atoms with E-state index in [2.05, 4.69) is 0 Å². The zero-order chi connectivity index (χ0) is 12.3. The van der Waals surface area contributed by atoms with Crippen molar-refractivity contribution in [1.82, 2.24) is 0 Å². The second-order valence-corrected chi connectivity index (χ2v) is 7.22. The molecule has 0 spiro atoms. The molecule has 4 aliphatic rings. The van der Waals surface area contributed by atoms with Crippen LogP contribution in [0.15, 0.2) is 0 Å². The molecule has 0 aromatic carbocycles. The third-order valence-electron chi connectivity index (χ3n) is 4.78. The Balaban J connectivity index is 1.91. The zero-order valence-electron chi connectivity index (χ0n) is 9.40. The molecule has 0 aromatic heterocycles. The first-order valence-electron chi connectivity index (χ1n) is 6.05. The maximum absolute atomic E-state index is 10.7. The number of alkyl halides is 2. The normalized spacial score (nSPS) is 47.5. The number of hydrogen-bond donors (Lipinski definition) is 0. The summed E-state index contributed by atoms with van der Waals surface area (Å²) in [5.74, 6) is 0.993. The molecular weight excluding hydrogens is 265 g/mol. The summed E-state index contributed by atoms with van der Waals surface area (Å²) in [6.45, 7) is 0. The predicted molar refractivity (Wildman–Crippen MR) is 63.4 cm³/mol. The van der Waals surface area contributed by atoms with Gasteiger partial charge >= 0.3 is 0 Å². The molecule has 2 atom stereocenters. The molecule has 4 rings (SSSR count). The quantitative estimate of drug-likeness (QED) is 0.452. The molecule has 0 aromatic rings. The van der Waals surface area contributed by atoms with E-state index in [4.69, 9.17) is 28.0 Å². The molecule has 2 unspecified atom stereocenters. The van der Waals surface area contributed by atoms with Crippen molar-refractivity contribution >= 4 is 23.2 Å². The summed E-state index contributed by atoms with van der Waals surface area (Å²) in [6, 6.07) is 0. The Kier molecular flexibility index (Phi) is 2.54. The molecule has 6 heteroatoms. The van der Waals surface area contributed by atoms with Gasteiger partial charge in [0.1, 0.15) is 10.4 Å². The van der Waals surface area contributed by atoms with E-state index in [-0.39, 0.29) is 5.41 Å². The highest BCUT2D eigenvalue weighted by Gasteiger charge is 2.61. The lowest BCUT2D eigenvalue weighted by atomic mass is 9.48. The fraction of sp³-hybridized carbons (Fsp3) is 1.00. The van der Waals surface area contributed by atoms with E-state index < -0.39 is 15.5 Å². The van der Waals surface area contributed by atoms with Crippen LogP contribution in [0.3, 0.4) is 0 Å². The van der Waals surface area contributed by atoms with Crippen molar-refractivity contribution in [3.05, 3.63) is 10.1 Å². The zero-order valence-corrected chi connectivity index (χ0v) is 10.9. The van der Waals surface area contributed by atoms with E-state index in [9.17, 15) is 10.1 Å². The summed E-state index contributed by atoms with van der Waals surface area (Å²) in [5.41, 5.74) is -0.751. The van der Waals surface area contributed by atoms with Gasteiger partial charge in [0.05, 0.1) is 0 Å². The van der Waals surface area contributed by atoms with E-state index in [1.165, 1.54) is 0 Å². The Morgan fingerprint density at radius 3 is 2.29 bits per heavy atom. The maximum atomic E-state index is 10.7. The Labute approximate surface area is 110 Å². The average Bonchev–Trinajstić information content (AvgIpc) is 2.12. The van der Waals surface area contributed by atoms with Crippen molar-refractivity contribution in [1.29, 1.82) is 0 Å². The average molecular weight is 280 g/mol. The van der Waals surface area contributed by atoms with Crippen molar-refractivity contribution in [2.45, 2.75) is 49.0 Å². The van der Waals surface area contributed by atoms with Gasteiger partial charge in [-0.05, 0) is 50.4 Å². The Morgan fingerprint density at radius 1 is 1.24 bits per heavy atom. The highest BCUT2D eigenvalue weighted by molar-refractivity contribution is 6.44. The molecular formula is C11H15Cl2NO3. The second kappa shape index (κ2) is 3.64.